The molecule has 1 aliphatic heterocycles. The van der Waals surface area contributed by atoms with Crippen LogP contribution in [0.5, 0.6) is 0 Å². The molecule has 4 nitrogen and oxygen atoms in total. The lowest BCUT2D eigenvalue weighted by Gasteiger charge is -2.32. The molecule has 144 valence electrons. The third-order valence-corrected chi connectivity index (χ3v) is 5.25. The molecule has 4 heteroatoms. The fraction of sp³-hybridized carbons (Fsp3) is 0.435. The van der Waals surface area contributed by atoms with E-state index in [1.807, 2.05) is 18.2 Å². The van der Waals surface area contributed by atoms with E-state index in [1.165, 1.54) is 24.1 Å². The van der Waals surface area contributed by atoms with Gasteiger partial charge >= 0.3 is 0 Å². The van der Waals surface area contributed by atoms with Crippen LogP contribution in [0.4, 0.5) is 11.4 Å². The van der Waals surface area contributed by atoms with Crippen LogP contribution in [-0.2, 0) is 11.2 Å². The van der Waals surface area contributed by atoms with Gasteiger partial charge in [0.2, 0.25) is 5.91 Å². The average molecular weight is 366 g/mol. The minimum absolute atomic E-state index is 0.00857. The van der Waals surface area contributed by atoms with Crippen molar-refractivity contribution in [1.29, 1.82) is 0 Å². The molecule has 1 aliphatic rings. The van der Waals surface area contributed by atoms with Gasteiger partial charge in [-0.05, 0) is 68.0 Å². The van der Waals surface area contributed by atoms with E-state index in [0.717, 1.165) is 44.1 Å². The lowest BCUT2D eigenvalue weighted by atomic mass is 9.99. The molecule has 1 saturated heterocycles. The summed E-state index contributed by atoms with van der Waals surface area (Å²) in [7, 11) is 0. The second kappa shape index (κ2) is 10.1. The van der Waals surface area contributed by atoms with Crippen molar-refractivity contribution in [2.24, 2.45) is 5.92 Å². The molecule has 0 atom stereocenters. The number of carbonyl (C=O) groups is 1. The summed E-state index contributed by atoms with van der Waals surface area (Å²) in [6.45, 7) is 5.76. The van der Waals surface area contributed by atoms with E-state index in [-0.39, 0.29) is 5.91 Å². The van der Waals surface area contributed by atoms with Gasteiger partial charge in [0.05, 0.1) is 6.54 Å². The summed E-state index contributed by atoms with van der Waals surface area (Å²) >= 11 is 0. The highest BCUT2D eigenvalue weighted by Crippen LogP contribution is 2.24. The first-order chi connectivity index (χ1) is 13.2. The van der Waals surface area contributed by atoms with Crippen molar-refractivity contribution in [1.82, 2.24) is 5.32 Å². The van der Waals surface area contributed by atoms with E-state index >= 15 is 0 Å². The van der Waals surface area contributed by atoms with Crippen LogP contribution in [0.2, 0.25) is 0 Å². The fourth-order valence-corrected chi connectivity index (χ4v) is 3.49. The quantitative estimate of drug-likeness (QED) is 0.693. The normalized spacial score (nSPS) is 14.9. The van der Waals surface area contributed by atoms with E-state index in [2.05, 4.69) is 58.9 Å². The topological polar surface area (TPSA) is 44.4 Å². The smallest absolute Gasteiger partial charge is 0.238 e. The van der Waals surface area contributed by atoms with Crippen molar-refractivity contribution in [2.45, 2.75) is 32.6 Å². The molecule has 0 radical (unpaired) electrons. The van der Waals surface area contributed by atoms with Gasteiger partial charge in [0, 0.05) is 24.5 Å². The SMILES string of the molecule is CC1CCN(c2ccc(NC(=O)CNCCCc3ccccc3)cc2)CC1. The number of carbonyl (C=O) groups excluding carboxylic acids is 1. The summed E-state index contributed by atoms with van der Waals surface area (Å²) in [4.78, 5) is 14.5. The molecule has 1 fully saturated rings. The number of piperidine rings is 1. The van der Waals surface area contributed by atoms with Crippen LogP contribution in [-0.4, -0.2) is 32.1 Å². The molecule has 3 rings (SSSR count). The number of rotatable bonds is 8. The van der Waals surface area contributed by atoms with Gasteiger partial charge in [-0.25, -0.2) is 0 Å². The number of benzene rings is 2. The summed E-state index contributed by atoms with van der Waals surface area (Å²) in [5.74, 6) is 0.842. The Morgan fingerprint density at radius 3 is 2.44 bits per heavy atom. The van der Waals surface area contributed by atoms with Gasteiger partial charge in [-0.15, -0.1) is 0 Å². The van der Waals surface area contributed by atoms with Crippen LogP contribution in [0.25, 0.3) is 0 Å². The van der Waals surface area contributed by atoms with Crippen molar-refractivity contribution in [3.05, 3.63) is 60.2 Å². The first-order valence-corrected chi connectivity index (χ1v) is 10.1. The van der Waals surface area contributed by atoms with E-state index in [4.69, 9.17) is 0 Å². The number of hydrogen-bond donors (Lipinski definition) is 2. The van der Waals surface area contributed by atoms with Crippen molar-refractivity contribution in [3.63, 3.8) is 0 Å². The van der Waals surface area contributed by atoms with Gasteiger partial charge < -0.3 is 15.5 Å². The van der Waals surface area contributed by atoms with Crippen LogP contribution >= 0.6 is 0 Å². The Morgan fingerprint density at radius 1 is 1.04 bits per heavy atom. The van der Waals surface area contributed by atoms with Crippen LogP contribution < -0.4 is 15.5 Å². The first kappa shape index (κ1) is 19.4. The molecule has 2 N–H and O–H groups in total. The van der Waals surface area contributed by atoms with Crippen molar-refractivity contribution >= 4 is 17.3 Å². The third-order valence-electron chi connectivity index (χ3n) is 5.25. The Hall–Kier alpha value is -2.33. The molecule has 0 aliphatic carbocycles. The number of nitrogens with zero attached hydrogens (tertiary/aromatic N) is 1. The summed E-state index contributed by atoms with van der Waals surface area (Å²) in [5.41, 5.74) is 3.45. The lowest BCUT2D eigenvalue weighted by Crippen LogP contribution is -2.32. The molecular weight excluding hydrogens is 334 g/mol. The summed E-state index contributed by atoms with van der Waals surface area (Å²) in [6, 6.07) is 18.7. The third kappa shape index (κ3) is 6.40. The zero-order valence-corrected chi connectivity index (χ0v) is 16.3. The summed E-state index contributed by atoms with van der Waals surface area (Å²) in [6.07, 6.45) is 4.58. The van der Waals surface area contributed by atoms with Gasteiger partial charge in [-0.3, -0.25) is 4.79 Å². The monoisotopic (exact) mass is 365 g/mol. The zero-order chi connectivity index (χ0) is 18.9. The minimum Gasteiger partial charge on any atom is -0.372 e. The standard InChI is InChI=1S/C23H31N3O/c1-19-13-16-26(17-14-19)22-11-9-21(10-12-22)25-23(27)18-24-15-5-8-20-6-3-2-4-7-20/h2-4,6-7,9-12,19,24H,5,8,13-18H2,1H3,(H,25,27). The second-order valence-electron chi connectivity index (χ2n) is 7.53. The molecule has 1 heterocycles. The maximum Gasteiger partial charge on any atom is 0.238 e. The van der Waals surface area contributed by atoms with Crippen LogP contribution in [0.1, 0.15) is 31.7 Å². The van der Waals surface area contributed by atoms with Crippen LogP contribution in [0.3, 0.4) is 0 Å². The molecule has 0 bridgehead atoms. The van der Waals surface area contributed by atoms with Gasteiger partial charge in [0.25, 0.3) is 0 Å². The number of amides is 1. The molecule has 0 saturated carbocycles. The van der Waals surface area contributed by atoms with E-state index in [9.17, 15) is 4.79 Å². The number of aryl methyl sites for hydroxylation is 1. The van der Waals surface area contributed by atoms with Crippen LogP contribution in [0.15, 0.2) is 54.6 Å². The fourth-order valence-electron chi connectivity index (χ4n) is 3.49. The predicted octanol–water partition coefficient (Wildman–Crippen LogP) is 4.08. The largest absolute Gasteiger partial charge is 0.372 e. The maximum absolute atomic E-state index is 12.1. The van der Waals surface area contributed by atoms with E-state index in [0.29, 0.717) is 6.54 Å². The second-order valence-corrected chi connectivity index (χ2v) is 7.53. The summed E-state index contributed by atoms with van der Waals surface area (Å²) < 4.78 is 0. The maximum atomic E-state index is 12.1. The minimum atomic E-state index is 0.00857. The Morgan fingerprint density at radius 2 is 1.74 bits per heavy atom. The molecule has 2 aromatic carbocycles. The summed E-state index contributed by atoms with van der Waals surface area (Å²) in [5, 5.41) is 6.19. The molecule has 0 spiro atoms. The van der Waals surface area contributed by atoms with Crippen molar-refractivity contribution in [3.8, 4) is 0 Å². The van der Waals surface area contributed by atoms with Crippen LogP contribution in [0, 0.1) is 5.92 Å². The lowest BCUT2D eigenvalue weighted by molar-refractivity contribution is -0.115. The Labute approximate surface area is 163 Å². The molecular formula is C23H31N3O. The number of nitrogens with one attached hydrogen (secondary N) is 2. The molecule has 1 amide bonds. The van der Waals surface area contributed by atoms with Gasteiger partial charge in [0.1, 0.15) is 0 Å². The highest BCUT2D eigenvalue weighted by atomic mass is 16.1. The average Bonchev–Trinajstić information content (AvgIpc) is 2.70. The van der Waals surface area contributed by atoms with E-state index < -0.39 is 0 Å². The molecule has 27 heavy (non-hydrogen) atoms. The predicted molar refractivity (Wildman–Crippen MR) is 113 cm³/mol. The number of hydrogen-bond acceptors (Lipinski definition) is 3. The molecule has 0 unspecified atom stereocenters. The Bertz CT molecular complexity index is 691. The van der Waals surface area contributed by atoms with Crippen molar-refractivity contribution in [2.75, 3.05) is 36.4 Å². The molecule has 0 aromatic heterocycles. The Balaban J connectivity index is 1.34. The highest BCUT2D eigenvalue weighted by Gasteiger charge is 2.15. The van der Waals surface area contributed by atoms with E-state index in [1.54, 1.807) is 0 Å². The Kier molecular flexibility index (Phi) is 7.28. The number of anilines is 2. The highest BCUT2D eigenvalue weighted by molar-refractivity contribution is 5.92. The van der Waals surface area contributed by atoms with Gasteiger partial charge in [-0.2, -0.15) is 0 Å². The van der Waals surface area contributed by atoms with Crippen molar-refractivity contribution < 1.29 is 4.79 Å². The first-order valence-electron chi connectivity index (χ1n) is 10.1. The van der Waals surface area contributed by atoms with Gasteiger partial charge in [-0.1, -0.05) is 37.3 Å². The molecule has 2 aromatic rings. The zero-order valence-electron chi connectivity index (χ0n) is 16.3. The van der Waals surface area contributed by atoms with Gasteiger partial charge in [0.15, 0.2) is 0 Å².